The third kappa shape index (κ3) is 2.84. The molecule has 2 amide bonds. The standard InChI is InChI=1S/C22H21N7O2/c1-13-10-28-4-5-29(12-19(28)26-13)22(31)14-6-16-17(9-25-20(16)24-8-14)15-7-18-21(30)23-2-3-27(18)11-15/h6-11H,2-5,12H2,1H3,(H,23,30)(H,24,25). The molecule has 0 radical (unpaired) electrons. The number of nitrogens with one attached hydrogen (secondary N) is 2. The van der Waals surface area contributed by atoms with Gasteiger partial charge in [0.05, 0.1) is 17.8 Å². The molecule has 9 nitrogen and oxygen atoms in total. The molecule has 31 heavy (non-hydrogen) atoms. The number of rotatable bonds is 2. The van der Waals surface area contributed by atoms with Crippen LogP contribution in [0.15, 0.2) is 36.9 Å². The summed E-state index contributed by atoms with van der Waals surface area (Å²) < 4.78 is 4.07. The summed E-state index contributed by atoms with van der Waals surface area (Å²) >= 11 is 0. The van der Waals surface area contributed by atoms with Crippen LogP contribution in [0.1, 0.15) is 32.4 Å². The van der Waals surface area contributed by atoms with E-state index in [4.69, 9.17) is 0 Å². The fourth-order valence-electron chi connectivity index (χ4n) is 4.52. The molecule has 6 rings (SSSR count). The molecule has 2 N–H and O–H groups in total. The van der Waals surface area contributed by atoms with Crippen molar-refractivity contribution < 1.29 is 9.59 Å². The number of aryl methyl sites for hydroxylation is 1. The number of carbonyl (C=O) groups excluding carboxylic acids is 2. The van der Waals surface area contributed by atoms with E-state index < -0.39 is 0 Å². The van der Waals surface area contributed by atoms with Gasteiger partial charge in [0.25, 0.3) is 11.8 Å². The van der Waals surface area contributed by atoms with Crippen LogP contribution in [0.5, 0.6) is 0 Å². The van der Waals surface area contributed by atoms with E-state index in [9.17, 15) is 9.59 Å². The van der Waals surface area contributed by atoms with Gasteiger partial charge in [-0.2, -0.15) is 0 Å². The van der Waals surface area contributed by atoms with E-state index in [-0.39, 0.29) is 11.8 Å². The number of imidazole rings is 1. The fourth-order valence-corrected chi connectivity index (χ4v) is 4.52. The lowest BCUT2D eigenvalue weighted by Gasteiger charge is -2.27. The monoisotopic (exact) mass is 415 g/mol. The Bertz CT molecular complexity index is 1360. The predicted molar refractivity (Wildman–Crippen MR) is 114 cm³/mol. The first-order valence-electron chi connectivity index (χ1n) is 10.3. The summed E-state index contributed by atoms with van der Waals surface area (Å²) in [6.07, 6.45) is 7.51. The molecule has 0 fully saturated rings. The van der Waals surface area contributed by atoms with Crippen molar-refractivity contribution in [3.05, 3.63) is 59.7 Å². The van der Waals surface area contributed by atoms with Crippen LogP contribution in [-0.2, 0) is 19.6 Å². The third-order valence-electron chi connectivity index (χ3n) is 6.07. The number of hydrogen-bond donors (Lipinski definition) is 2. The number of fused-ring (bicyclic) bond motifs is 3. The molecular weight excluding hydrogens is 394 g/mol. The SMILES string of the molecule is Cc1cn2c(n1)CN(C(=O)c1cnc3[nH]cc(-c4cc5n(c4)CCNC5=O)c3c1)CC2. The van der Waals surface area contributed by atoms with E-state index in [0.29, 0.717) is 36.5 Å². The van der Waals surface area contributed by atoms with Crippen LogP contribution in [0.4, 0.5) is 0 Å². The molecule has 6 heterocycles. The largest absolute Gasteiger partial charge is 0.349 e. The van der Waals surface area contributed by atoms with Crippen molar-refractivity contribution in [2.45, 2.75) is 26.6 Å². The Morgan fingerprint density at radius 2 is 2.03 bits per heavy atom. The van der Waals surface area contributed by atoms with E-state index in [2.05, 4.69) is 24.8 Å². The highest BCUT2D eigenvalue weighted by Gasteiger charge is 2.24. The van der Waals surface area contributed by atoms with Gasteiger partial charge in [0, 0.05) is 67.5 Å². The summed E-state index contributed by atoms with van der Waals surface area (Å²) in [5, 5.41) is 3.73. The van der Waals surface area contributed by atoms with Crippen molar-refractivity contribution in [3.63, 3.8) is 0 Å². The quantitative estimate of drug-likeness (QED) is 0.522. The summed E-state index contributed by atoms with van der Waals surface area (Å²) in [5.74, 6) is 0.792. The van der Waals surface area contributed by atoms with Gasteiger partial charge in [0.1, 0.15) is 17.2 Å². The number of pyridine rings is 1. The van der Waals surface area contributed by atoms with E-state index in [0.717, 1.165) is 41.1 Å². The van der Waals surface area contributed by atoms with Crippen LogP contribution in [0.25, 0.3) is 22.2 Å². The molecular formula is C22H21N7O2. The minimum Gasteiger partial charge on any atom is -0.349 e. The van der Waals surface area contributed by atoms with E-state index in [1.807, 2.05) is 47.1 Å². The molecule has 2 aliphatic heterocycles. The minimum atomic E-state index is -0.0648. The molecule has 0 atom stereocenters. The topological polar surface area (TPSA) is 101 Å². The Labute approximate surface area is 177 Å². The van der Waals surface area contributed by atoms with Gasteiger partial charge < -0.3 is 24.3 Å². The van der Waals surface area contributed by atoms with Crippen LogP contribution in [-0.4, -0.2) is 53.9 Å². The van der Waals surface area contributed by atoms with Crippen molar-refractivity contribution in [3.8, 4) is 11.1 Å². The second-order valence-electron chi connectivity index (χ2n) is 8.10. The normalized spacial score (nSPS) is 15.6. The first-order valence-corrected chi connectivity index (χ1v) is 10.3. The smallest absolute Gasteiger partial charge is 0.267 e. The molecule has 0 saturated carbocycles. The third-order valence-corrected chi connectivity index (χ3v) is 6.07. The highest BCUT2D eigenvalue weighted by molar-refractivity contribution is 6.02. The van der Waals surface area contributed by atoms with Gasteiger partial charge in [0.15, 0.2) is 0 Å². The van der Waals surface area contributed by atoms with Gasteiger partial charge >= 0.3 is 0 Å². The van der Waals surface area contributed by atoms with Gasteiger partial charge in [-0.3, -0.25) is 9.59 Å². The molecule has 4 aromatic rings. The van der Waals surface area contributed by atoms with Crippen LogP contribution in [0, 0.1) is 6.92 Å². The zero-order valence-electron chi connectivity index (χ0n) is 17.1. The molecule has 0 aliphatic carbocycles. The molecule has 156 valence electrons. The lowest BCUT2D eigenvalue weighted by Crippen LogP contribution is -2.38. The predicted octanol–water partition coefficient (Wildman–Crippen LogP) is 1.94. The summed E-state index contributed by atoms with van der Waals surface area (Å²) in [6.45, 7) is 5.21. The molecule has 0 spiro atoms. The van der Waals surface area contributed by atoms with E-state index in [1.165, 1.54) is 0 Å². The maximum atomic E-state index is 13.2. The van der Waals surface area contributed by atoms with Gasteiger partial charge in [-0.25, -0.2) is 9.97 Å². The van der Waals surface area contributed by atoms with Crippen molar-refractivity contribution in [2.75, 3.05) is 13.1 Å². The van der Waals surface area contributed by atoms with Crippen LogP contribution in [0.2, 0.25) is 0 Å². The highest BCUT2D eigenvalue weighted by atomic mass is 16.2. The first kappa shape index (κ1) is 17.9. The van der Waals surface area contributed by atoms with Gasteiger partial charge in [-0.15, -0.1) is 0 Å². The Morgan fingerprint density at radius 3 is 2.90 bits per heavy atom. The molecule has 0 saturated heterocycles. The Balaban J connectivity index is 1.35. The van der Waals surface area contributed by atoms with Gasteiger partial charge in [-0.05, 0) is 19.1 Å². The summed E-state index contributed by atoms with van der Waals surface area (Å²) in [6, 6.07) is 3.78. The van der Waals surface area contributed by atoms with Crippen molar-refractivity contribution in [1.29, 1.82) is 0 Å². The second-order valence-corrected chi connectivity index (χ2v) is 8.10. The summed E-state index contributed by atoms with van der Waals surface area (Å²) in [4.78, 5) is 39.3. The van der Waals surface area contributed by atoms with Crippen LogP contribution in [0.3, 0.4) is 0 Å². The first-order chi connectivity index (χ1) is 15.1. The van der Waals surface area contributed by atoms with Gasteiger partial charge in [0.2, 0.25) is 0 Å². The zero-order chi connectivity index (χ0) is 21.1. The minimum absolute atomic E-state index is 0.0518. The number of aromatic nitrogens is 5. The van der Waals surface area contributed by atoms with Crippen molar-refractivity contribution in [2.24, 2.45) is 0 Å². The average Bonchev–Trinajstić information content (AvgIpc) is 3.47. The number of nitrogens with zero attached hydrogens (tertiary/aromatic N) is 5. The maximum Gasteiger partial charge on any atom is 0.267 e. The number of hydrogen-bond acceptors (Lipinski definition) is 4. The Morgan fingerprint density at radius 1 is 1.13 bits per heavy atom. The van der Waals surface area contributed by atoms with Crippen molar-refractivity contribution in [1.82, 2.24) is 34.3 Å². The molecule has 4 aromatic heterocycles. The number of aromatic amines is 1. The average molecular weight is 415 g/mol. The summed E-state index contributed by atoms with van der Waals surface area (Å²) in [5.41, 5.74) is 4.73. The lowest BCUT2D eigenvalue weighted by atomic mass is 10.1. The Hall–Kier alpha value is -3.88. The molecule has 0 unspecified atom stereocenters. The van der Waals surface area contributed by atoms with Crippen molar-refractivity contribution >= 4 is 22.8 Å². The molecule has 0 bridgehead atoms. The molecule has 9 heteroatoms. The van der Waals surface area contributed by atoms with E-state index in [1.54, 1.807) is 6.20 Å². The molecule has 0 aromatic carbocycles. The Kier molecular flexibility index (Phi) is 3.80. The zero-order valence-corrected chi connectivity index (χ0v) is 17.1. The maximum absolute atomic E-state index is 13.2. The number of amides is 2. The highest BCUT2D eigenvalue weighted by Crippen LogP contribution is 2.31. The molecule has 2 aliphatic rings. The van der Waals surface area contributed by atoms with E-state index >= 15 is 0 Å². The fraction of sp³-hybridized carbons (Fsp3) is 0.273. The van der Waals surface area contributed by atoms with Crippen LogP contribution < -0.4 is 5.32 Å². The van der Waals surface area contributed by atoms with Crippen LogP contribution >= 0.6 is 0 Å². The number of carbonyl (C=O) groups is 2. The second kappa shape index (κ2) is 6.56. The van der Waals surface area contributed by atoms with Gasteiger partial charge in [-0.1, -0.05) is 0 Å². The number of H-pyrrole nitrogens is 1. The lowest BCUT2D eigenvalue weighted by molar-refractivity contribution is 0.0707. The summed E-state index contributed by atoms with van der Waals surface area (Å²) in [7, 11) is 0.